The van der Waals surface area contributed by atoms with Crippen LogP contribution >= 0.6 is 11.6 Å². The van der Waals surface area contributed by atoms with E-state index in [0.717, 1.165) is 58.9 Å². The lowest BCUT2D eigenvalue weighted by Crippen LogP contribution is -2.17. The molecular weight excluding hydrogens is 350 g/mol. The number of aromatic nitrogens is 3. The van der Waals surface area contributed by atoms with Gasteiger partial charge in [0.05, 0.1) is 30.1 Å². The van der Waals surface area contributed by atoms with Crippen molar-refractivity contribution in [2.45, 2.75) is 26.3 Å². The first-order valence-corrected chi connectivity index (χ1v) is 8.86. The maximum absolute atomic E-state index is 9.32. The summed E-state index contributed by atoms with van der Waals surface area (Å²) in [6.07, 6.45) is 1.32. The van der Waals surface area contributed by atoms with Crippen LogP contribution in [-0.2, 0) is 13.0 Å². The van der Waals surface area contributed by atoms with Gasteiger partial charge in [-0.3, -0.25) is 0 Å². The summed E-state index contributed by atoms with van der Waals surface area (Å²) in [6, 6.07) is 8.01. The Hall–Kier alpha value is -2.78. The zero-order valence-corrected chi connectivity index (χ0v) is 15.4. The van der Waals surface area contributed by atoms with Gasteiger partial charge in [0.1, 0.15) is 5.52 Å². The molecule has 4 rings (SSSR count). The van der Waals surface area contributed by atoms with Crippen LogP contribution in [0.2, 0.25) is 5.02 Å². The van der Waals surface area contributed by atoms with Crippen LogP contribution in [0.4, 0.5) is 5.95 Å². The first-order chi connectivity index (χ1) is 12.6. The minimum Gasteiger partial charge on any atom is -0.481 e. The highest BCUT2D eigenvalue weighted by Crippen LogP contribution is 2.39. The van der Waals surface area contributed by atoms with E-state index in [2.05, 4.69) is 20.9 Å². The molecule has 7 heteroatoms. The number of ether oxygens (including phenoxy) is 1. The fourth-order valence-corrected chi connectivity index (χ4v) is 3.80. The molecule has 132 valence electrons. The zero-order valence-electron chi connectivity index (χ0n) is 14.6. The summed E-state index contributed by atoms with van der Waals surface area (Å²) in [5, 5.41) is 13.2. The number of nitrogens with one attached hydrogen (secondary N) is 1. The topological polar surface area (TPSA) is 75.8 Å². The van der Waals surface area contributed by atoms with E-state index in [-0.39, 0.29) is 0 Å². The molecular formula is C19H18ClN5O. The fourth-order valence-electron chi connectivity index (χ4n) is 3.51. The van der Waals surface area contributed by atoms with E-state index < -0.39 is 0 Å². The molecule has 3 aromatic rings. The Morgan fingerprint density at radius 3 is 2.92 bits per heavy atom. The van der Waals surface area contributed by atoms with Crippen molar-refractivity contribution in [3.63, 3.8) is 0 Å². The maximum Gasteiger partial charge on any atom is 0.213 e. The maximum atomic E-state index is 9.32. The number of hydrogen-bond acceptors (Lipinski definition) is 5. The van der Waals surface area contributed by atoms with E-state index >= 15 is 0 Å². The van der Waals surface area contributed by atoms with Crippen LogP contribution in [0.25, 0.3) is 22.2 Å². The monoisotopic (exact) mass is 367 g/mol. The molecule has 0 bridgehead atoms. The van der Waals surface area contributed by atoms with Crippen molar-refractivity contribution in [3.8, 4) is 23.1 Å². The van der Waals surface area contributed by atoms with Gasteiger partial charge in [-0.2, -0.15) is 5.26 Å². The number of halogens is 1. The van der Waals surface area contributed by atoms with E-state index in [1.165, 1.54) is 0 Å². The molecule has 0 radical (unpaired) electrons. The molecule has 0 aliphatic carbocycles. The number of pyridine rings is 1. The van der Waals surface area contributed by atoms with Crippen LogP contribution in [0.15, 0.2) is 18.2 Å². The molecule has 0 saturated carbocycles. The summed E-state index contributed by atoms with van der Waals surface area (Å²) in [4.78, 5) is 9.16. The molecule has 0 fully saturated rings. The lowest BCUT2D eigenvalue weighted by molar-refractivity contribution is 0.397. The second kappa shape index (κ2) is 6.50. The third-order valence-corrected chi connectivity index (χ3v) is 5.09. The summed E-state index contributed by atoms with van der Waals surface area (Å²) in [5.41, 5.74) is 5.18. The first-order valence-electron chi connectivity index (χ1n) is 8.48. The Morgan fingerprint density at radius 2 is 2.19 bits per heavy atom. The third-order valence-electron chi connectivity index (χ3n) is 4.71. The highest BCUT2D eigenvalue weighted by atomic mass is 35.5. The average Bonchev–Trinajstić information content (AvgIpc) is 3.04. The smallest absolute Gasteiger partial charge is 0.213 e. The number of nitrogens with zero attached hydrogens (tertiary/aromatic N) is 4. The minimum atomic E-state index is 0.300. The average molecular weight is 368 g/mol. The van der Waals surface area contributed by atoms with Gasteiger partial charge in [0.2, 0.25) is 11.8 Å². The van der Waals surface area contributed by atoms with Crippen molar-refractivity contribution in [3.05, 3.63) is 34.5 Å². The number of hydrogen-bond donors (Lipinski definition) is 1. The van der Waals surface area contributed by atoms with E-state index in [0.29, 0.717) is 17.3 Å². The molecule has 6 nitrogen and oxygen atoms in total. The van der Waals surface area contributed by atoms with Gasteiger partial charge in [0.25, 0.3) is 0 Å². The van der Waals surface area contributed by atoms with Crippen LogP contribution in [0, 0.1) is 18.3 Å². The molecule has 26 heavy (non-hydrogen) atoms. The Morgan fingerprint density at radius 1 is 1.35 bits per heavy atom. The van der Waals surface area contributed by atoms with Gasteiger partial charge in [-0.25, -0.2) is 9.97 Å². The minimum absolute atomic E-state index is 0.300. The standard InChI is InChI=1S/C19H18ClN5O/c1-11-13(4-5-15(23-11)26-2)14-10-12(6-7-21)18-17(16(14)20)24-19-22-8-3-9-25(18)19/h4-5,10H,3,6,8-9H2,1-2H3,(H,22,24). The van der Waals surface area contributed by atoms with E-state index in [1.54, 1.807) is 7.11 Å². The molecule has 1 aromatic carbocycles. The molecule has 0 atom stereocenters. The third kappa shape index (κ3) is 2.56. The SMILES string of the molecule is COc1ccc(-c2cc(CC#N)c3c(nc4n3CCCN4)c2Cl)c(C)n1. The second-order valence-electron chi connectivity index (χ2n) is 6.28. The van der Waals surface area contributed by atoms with Crippen LogP contribution in [0.3, 0.4) is 0 Å². The fraction of sp³-hybridized carbons (Fsp3) is 0.316. The van der Waals surface area contributed by atoms with Gasteiger partial charge in [-0.05, 0) is 31.0 Å². The van der Waals surface area contributed by atoms with E-state index in [9.17, 15) is 5.26 Å². The molecule has 0 amide bonds. The number of aryl methyl sites for hydroxylation is 2. The Labute approximate surface area is 156 Å². The molecule has 1 N–H and O–H groups in total. The lowest BCUT2D eigenvalue weighted by atomic mass is 9.99. The van der Waals surface area contributed by atoms with Crippen LogP contribution in [0.1, 0.15) is 17.7 Å². The number of nitriles is 1. The number of anilines is 1. The highest BCUT2D eigenvalue weighted by molar-refractivity contribution is 6.38. The quantitative estimate of drug-likeness (QED) is 0.758. The second-order valence-corrected chi connectivity index (χ2v) is 6.66. The first kappa shape index (κ1) is 16.7. The van der Waals surface area contributed by atoms with Gasteiger partial charge in [-0.15, -0.1) is 0 Å². The zero-order chi connectivity index (χ0) is 18.3. The molecule has 3 heterocycles. The number of benzene rings is 1. The van der Waals surface area contributed by atoms with Crippen LogP contribution in [-0.4, -0.2) is 28.2 Å². The number of imidazole rings is 1. The van der Waals surface area contributed by atoms with Crippen molar-refractivity contribution >= 4 is 28.6 Å². The summed E-state index contributed by atoms with van der Waals surface area (Å²) in [7, 11) is 1.59. The van der Waals surface area contributed by atoms with Crippen LogP contribution < -0.4 is 10.1 Å². The number of fused-ring (bicyclic) bond motifs is 3. The van der Waals surface area contributed by atoms with E-state index in [1.807, 2.05) is 25.1 Å². The molecule has 1 aliphatic rings. The van der Waals surface area contributed by atoms with Crippen molar-refractivity contribution < 1.29 is 4.74 Å². The van der Waals surface area contributed by atoms with E-state index in [4.69, 9.17) is 21.3 Å². The summed E-state index contributed by atoms with van der Waals surface area (Å²) in [5.74, 6) is 1.37. The Kier molecular flexibility index (Phi) is 4.17. The predicted octanol–water partition coefficient (Wildman–Crippen LogP) is 3.95. The Bertz CT molecular complexity index is 1050. The van der Waals surface area contributed by atoms with Crippen molar-refractivity contribution in [2.24, 2.45) is 0 Å². The van der Waals surface area contributed by atoms with Gasteiger partial charge >= 0.3 is 0 Å². The van der Waals surface area contributed by atoms with Gasteiger partial charge in [0.15, 0.2) is 0 Å². The highest BCUT2D eigenvalue weighted by Gasteiger charge is 2.22. The van der Waals surface area contributed by atoms with Gasteiger partial charge < -0.3 is 14.6 Å². The van der Waals surface area contributed by atoms with Crippen LogP contribution in [0.5, 0.6) is 5.88 Å². The number of methoxy groups -OCH3 is 1. The molecule has 0 saturated heterocycles. The molecule has 1 aliphatic heterocycles. The number of rotatable bonds is 3. The van der Waals surface area contributed by atoms with Gasteiger partial charge in [-0.1, -0.05) is 11.6 Å². The Balaban J connectivity index is 2.00. The molecule has 0 spiro atoms. The largest absolute Gasteiger partial charge is 0.481 e. The van der Waals surface area contributed by atoms with Crippen molar-refractivity contribution in [2.75, 3.05) is 19.0 Å². The van der Waals surface area contributed by atoms with Crippen molar-refractivity contribution in [1.82, 2.24) is 14.5 Å². The summed E-state index contributed by atoms with van der Waals surface area (Å²) in [6.45, 7) is 3.68. The van der Waals surface area contributed by atoms with Gasteiger partial charge in [0, 0.05) is 36.0 Å². The summed E-state index contributed by atoms with van der Waals surface area (Å²) < 4.78 is 7.32. The molecule has 2 aromatic heterocycles. The van der Waals surface area contributed by atoms with Crippen molar-refractivity contribution in [1.29, 1.82) is 5.26 Å². The summed E-state index contributed by atoms with van der Waals surface area (Å²) >= 11 is 6.77. The normalized spacial score (nSPS) is 13.2. The predicted molar refractivity (Wildman–Crippen MR) is 102 cm³/mol. The molecule has 0 unspecified atom stereocenters. The lowest BCUT2D eigenvalue weighted by Gasteiger charge is -2.17.